The molecule has 1 amide bonds. The first-order valence-corrected chi connectivity index (χ1v) is 13.0. The Morgan fingerprint density at radius 3 is 2.57 bits per heavy atom. The first-order chi connectivity index (χ1) is 17.7. The van der Waals surface area contributed by atoms with Gasteiger partial charge in [0, 0.05) is 37.1 Å². The van der Waals surface area contributed by atoms with Gasteiger partial charge in [-0.05, 0) is 67.3 Å². The number of halogens is 1. The van der Waals surface area contributed by atoms with Crippen LogP contribution in [0.1, 0.15) is 35.2 Å². The minimum absolute atomic E-state index is 0. The van der Waals surface area contributed by atoms with E-state index in [4.69, 9.17) is 14.2 Å². The van der Waals surface area contributed by atoms with Gasteiger partial charge < -0.3 is 24.0 Å². The van der Waals surface area contributed by atoms with Crippen LogP contribution in [0.5, 0.6) is 17.2 Å². The third kappa shape index (κ3) is 6.13. The number of ether oxygens (including phenoxy) is 3. The quantitative estimate of drug-likeness (QED) is 0.348. The fourth-order valence-electron chi connectivity index (χ4n) is 5.64. The van der Waals surface area contributed by atoms with Crippen LogP contribution in [-0.4, -0.2) is 69.3 Å². The van der Waals surface area contributed by atoms with Crippen molar-refractivity contribution in [1.82, 2.24) is 9.80 Å². The van der Waals surface area contributed by atoms with Crippen molar-refractivity contribution in [2.45, 2.75) is 25.7 Å². The molecule has 0 N–H and O–H groups in total. The predicted molar refractivity (Wildman–Crippen MR) is 150 cm³/mol. The lowest BCUT2D eigenvalue weighted by Gasteiger charge is -2.37. The van der Waals surface area contributed by atoms with Gasteiger partial charge in [-0.1, -0.05) is 36.4 Å². The first-order valence-electron chi connectivity index (χ1n) is 13.0. The predicted octanol–water partition coefficient (Wildman–Crippen LogP) is 5.46. The van der Waals surface area contributed by atoms with E-state index in [0.717, 1.165) is 62.4 Å². The number of carbonyl (C=O) groups excluding carboxylic acids is 1. The number of fused-ring (bicyclic) bond motifs is 2. The lowest BCUT2D eigenvalue weighted by molar-refractivity contribution is 0.0658. The number of methoxy groups -OCH3 is 2. The lowest BCUT2D eigenvalue weighted by Crippen LogP contribution is -2.45. The average molecular weight is 525 g/mol. The molecule has 6 nitrogen and oxygen atoms in total. The van der Waals surface area contributed by atoms with Gasteiger partial charge in [0.05, 0.1) is 20.8 Å². The highest BCUT2D eigenvalue weighted by Crippen LogP contribution is 2.34. The largest absolute Gasteiger partial charge is 0.493 e. The van der Waals surface area contributed by atoms with E-state index in [2.05, 4.69) is 47.4 Å². The number of piperidine rings is 1. The van der Waals surface area contributed by atoms with Gasteiger partial charge in [0.25, 0.3) is 5.91 Å². The third-order valence-corrected chi connectivity index (χ3v) is 7.49. The zero-order chi connectivity index (χ0) is 24.9. The van der Waals surface area contributed by atoms with Gasteiger partial charge in [-0.15, -0.1) is 12.4 Å². The molecule has 1 unspecified atom stereocenters. The van der Waals surface area contributed by atoms with Crippen molar-refractivity contribution in [2.24, 2.45) is 5.92 Å². The molecule has 2 aliphatic rings. The number of hydrogen-bond acceptors (Lipinski definition) is 5. The summed E-state index contributed by atoms with van der Waals surface area (Å²) >= 11 is 0. The fourth-order valence-corrected chi connectivity index (χ4v) is 5.64. The molecule has 37 heavy (non-hydrogen) atoms. The summed E-state index contributed by atoms with van der Waals surface area (Å²) in [4.78, 5) is 17.9. The van der Waals surface area contributed by atoms with Crippen LogP contribution in [0.2, 0.25) is 0 Å². The molecule has 0 aliphatic carbocycles. The molecular formula is C30H37ClN2O4. The van der Waals surface area contributed by atoms with E-state index >= 15 is 0 Å². The van der Waals surface area contributed by atoms with Gasteiger partial charge >= 0.3 is 0 Å². The number of carbonyl (C=O) groups is 1. The number of likely N-dealkylation sites (tertiary alicyclic amines) is 1. The monoisotopic (exact) mass is 524 g/mol. The Bertz CT molecular complexity index is 1210. The second-order valence-electron chi connectivity index (χ2n) is 9.85. The smallest absolute Gasteiger partial charge is 0.254 e. The maximum atomic E-state index is 13.3. The molecule has 0 aromatic heterocycles. The molecule has 0 spiro atoms. The molecule has 1 atom stereocenters. The molecule has 0 bridgehead atoms. The Hall–Kier alpha value is -2.96. The third-order valence-electron chi connectivity index (χ3n) is 7.49. The number of benzene rings is 3. The summed E-state index contributed by atoms with van der Waals surface area (Å²) in [6.45, 7) is 5.47. The van der Waals surface area contributed by atoms with Crippen molar-refractivity contribution in [3.8, 4) is 17.2 Å². The number of nitrogens with zero attached hydrogens (tertiary/aromatic N) is 2. The van der Waals surface area contributed by atoms with Crippen molar-refractivity contribution in [2.75, 3.05) is 53.6 Å². The van der Waals surface area contributed by atoms with E-state index in [1.54, 1.807) is 14.2 Å². The van der Waals surface area contributed by atoms with Crippen LogP contribution >= 0.6 is 12.4 Å². The minimum Gasteiger partial charge on any atom is -0.493 e. The zero-order valence-corrected chi connectivity index (χ0v) is 22.6. The maximum absolute atomic E-state index is 13.3. The zero-order valence-electron chi connectivity index (χ0n) is 21.8. The summed E-state index contributed by atoms with van der Waals surface area (Å²) in [5, 5.41) is 2.38. The molecule has 7 heteroatoms. The fraction of sp³-hybridized carbons (Fsp3) is 0.433. The highest BCUT2D eigenvalue weighted by atomic mass is 35.5. The van der Waals surface area contributed by atoms with Crippen LogP contribution in [-0.2, 0) is 6.42 Å². The molecule has 2 heterocycles. The Balaban J connectivity index is 0.00000320. The van der Waals surface area contributed by atoms with Gasteiger partial charge in [0.2, 0.25) is 0 Å². The Kier molecular flexibility index (Phi) is 9.17. The summed E-state index contributed by atoms with van der Waals surface area (Å²) in [7, 11) is 3.24. The minimum atomic E-state index is 0. The topological polar surface area (TPSA) is 51.2 Å². The van der Waals surface area contributed by atoms with Gasteiger partial charge in [-0.3, -0.25) is 4.79 Å². The molecule has 3 aromatic rings. The average Bonchev–Trinajstić information content (AvgIpc) is 2.92. The Morgan fingerprint density at radius 1 is 0.946 bits per heavy atom. The van der Waals surface area contributed by atoms with E-state index in [9.17, 15) is 4.79 Å². The standard InChI is InChI=1S/C30H36N2O4.ClH/c1-34-28-18-24-13-16-32(30(33)26(24)19-29(28)35-2)21-22-8-6-14-31(20-22)15-7-17-36-27-12-5-10-23-9-3-4-11-25(23)27;/h3-5,9-12,18-19,22H,6-8,13-17,20-21H2,1-2H3;1H. The molecule has 3 aromatic carbocycles. The van der Waals surface area contributed by atoms with Crippen LogP contribution in [0, 0.1) is 5.92 Å². The van der Waals surface area contributed by atoms with Crippen LogP contribution in [0.15, 0.2) is 54.6 Å². The molecule has 5 rings (SSSR count). The van der Waals surface area contributed by atoms with E-state index < -0.39 is 0 Å². The first kappa shape index (κ1) is 27.1. The molecule has 0 saturated carbocycles. The van der Waals surface area contributed by atoms with E-state index in [-0.39, 0.29) is 18.3 Å². The van der Waals surface area contributed by atoms with Gasteiger partial charge in [0.15, 0.2) is 11.5 Å². The summed E-state index contributed by atoms with van der Waals surface area (Å²) in [5.41, 5.74) is 1.79. The second-order valence-corrected chi connectivity index (χ2v) is 9.85. The Labute approximate surface area is 225 Å². The normalized spacial score (nSPS) is 17.7. The Morgan fingerprint density at radius 2 is 1.73 bits per heavy atom. The number of hydrogen-bond donors (Lipinski definition) is 0. The van der Waals surface area contributed by atoms with E-state index in [1.807, 2.05) is 17.0 Å². The summed E-state index contributed by atoms with van der Waals surface area (Å²) in [6, 6.07) is 18.4. The second kappa shape index (κ2) is 12.5. The van der Waals surface area contributed by atoms with Crippen molar-refractivity contribution < 1.29 is 19.0 Å². The summed E-state index contributed by atoms with van der Waals surface area (Å²) in [5.74, 6) is 2.87. The SMILES string of the molecule is COc1cc2c(cc1OC)C(=O)N(CC1CCCN(CCCOc3cccc4ccccc34)C1)CC2.Cl. The summed E-state index contributed by atoms with van der Waals surface area (Å²) < 4.78 is 17.0. The highest BCUT2D eigenvalue weighted by molar-refractivity contribution is 5.97. The molecule has 1 fully saturated rings. The maximum Gasteiger partial charge on any atom is 0.254 e. The molecule has 1 saturated heterocycles. The molecular weight excluding hydrogens is 488 g/mol. The lowest BCUT2D eigenvalue weighted by atomic mass is 9.94. The van der Waals surface area contributed by atoms with Gasteiger partial charge in [0.1, 0.15) is 5.75 Å². The van der Waals surface area contributed by atoms with Crippen LogP contribution in [0.25, 0.3) is 10.8 Å². The van der Waals surface area contributed by atoms with E-state index in [0.29, 0.717) is 24.0 Å². The van der Waals surface area contributed by atoms with Crippen LogP contribution < -0.4 is 14.2 Å². The van der Waals surface area contributed by atoms with Crippen LogP contribution in [0.3, 0.4) is 0 Å². The summed E-state index contributed by atoms with van der Waals surface area (Å²) in [6.07, 6.45) is 4.20. The van der Waals surface area contributed by atoms with Crippen molar-refractivity contribution in [3.05, 3.63) is 65.7 Å². The number of amides is 1. The van der Waals surface area contributed by atoms with E-state index in [1.165, 1.54) is 23.6 Å². The molecule has 198 valence electrons. The van der Waals surface area contributed by atoms with Crippen molar-refractivity contribution >= 4 is 29.1 Å². The van der Waals surface area contributed by atoms with Gasteiger partial charge in [-0.2, -0.15) is 0 Å². The van der Waals surface area contributed by atoms with Crippen molar-refractivity contribution in [3.63, 3.8) is 0 Å². The molecule has 2 aliphatic heterocycles. The number of rotatable bonds is 9. The molecule has 0 radical (unpaired) electrons. The highest BCUT2D eigenvalue weighted by Gasteiger charge is 2.29. The van der Waals surface area contributed by atoms with Crippen molar-refractivity contribution in [1.29, 1.82) is 0 Å². The van der Waals surface area contributed by atoms with Gasteiger partial charge in [-0.25, -0.2) is 0 Å². The van der Waals surface area contributed by atoms with Crippen LogP contribution in [0.4, 0.5) is 0 Å².